The molecule has 0 unspecified atom stereocenters. The summed E-state index contributed by atoms with van der Waals surface area (Å²) in [5, 5.41) is 10.2. The third-order valence-electron chi connectivity index (χ3n) is 4.06. The highest BCUT2D eigenvalue weighted by atomic mass is 19.4. The number of aromatic nitrogens is 2. The smallest absolute Gasteiger partial charge is 0.433 e. The Morgan fingerprint density at radius 1 is 1.18 bits per heavy atom. The Labute approximate surface area is 156 Å². The number of carbonyl (C=O) groups is 1. The molecule has 0 saturated heterocycles. The lowest BCUT2D eigenvalue weighted by Gasteiger charge is -2.15. The van der Waals surface area contributed by atoms with Gasteiger partial charge in [0.05, 0.1) is 17.7 Å². The van der Waals surface area contributed by atoms with Crippen molar-refractivity contribution in [3.05, 3.63) is 63.6 Å². The van der Waals surface area contributed by atoms with Gasteiger partial charge in [0.15, 0.2) is 11.2 Å². The van der Waals surface area contributed by atoms with Crippen molar-refractivity contribution in [1.82, 2.24) is 9.55 Å². The minimum Gasteiger partial charge on any atom is -0.506 e. The first-order chi connectivity index (χ1) is 13.1. The number of aryl methyl sites for hydroxylation is 1. The first-order valence-corrected chi connectivity index (χ1v) is 8.25. The number of hydrogen-bond acceptors (Lipinski definition) is 5. The van der Waals surface area contributed by atoms with Crippen molar-refractivity contribution in [2.45, 2.75) is 20.0 Å². The van der Waals surface area contributed by atoms with Crippen molar-refractivity contribution in [2.24, 2.45) is 0 Å². The zero-order valence-electron chi connectivity index (χ0n) is 14.9. The highest BCUT2D eigenvalue weighted by molar-refractivity contribution is 5.99. The summed E-state index contributed by atoms with van der Waals surface area (Å²) in [5.41, 5.74) is -2.30. The van der Waals surface area contributed by atoms with E-state index in [1.165, 1.54) is 19.1 Å². The molecule has 0 aliphatic rings. The molecule has 2 aromatic heterocycles. The van der Waals surface area contributed by atoms with Gasteiger partial charge < -0.3 is 9.84 Å². The average Bonchev–Trinajstić information content (AvgIpc) is 2.62. The van der Waals surface area contributed by atoms with E-state index in [0.717, 1.165) is 16.2 Å². The number of nitrogens with zero attached hydrogens (tertiary/aromatic N) is 2. The van der Waals surface area contributed by atoms with Crippen LogP contribution in [0.15, 0.2) is 41.2 Å². The van der Waals surface area contributed by atoms with Gasteiger partial charge in [-0.15, -0.1) is 0 Å². The van der Waals surface area contributed by atoms with Crippen molar-refractivity contribution in [1.29, 1.82) is 0 Å². The van der Waals surface area contributed by atoms with Crippen LogP contribution in [0.4, 0.5) is 13.2 Å². The Kier molecular flexibility index (Phi) is 4.84. The van der Waals surface area contributed by atoms with Crippen LogP contribution in [0.3, 0.4) is 0 Å². The number of rotatable bonds is 3. The van der Waals surface area contributed by atoms with E-state index in [-0.39, 0.29) is 17.7 Å². The summed E-state index contributed by atoms with van der Waals surface area (Å²) >= 11 is 0. The molecule has 3 rings (SSSR count). The van der Waals surface area contributed by atoms with Crippen molar-refractivity contribution < 1.29 is 27.8 Å². The van der Waals surface area contributed by atoms with Gasteiger partial charge in [0.25, 0.3) is 5.56 Å². The van der Waals surface area contributed by atoms with Crippen LogP contribution in [0.1, 0.15) is 28.5 Å². The van der Waals surface area contributed by atoms with Gasteiger partial charge >= 0.3 is 12.1 Å². The molecular formula is C19H15F3N2O4. The molecule has 2 heterocycles. The molecule has 0 fully saturated rings. The fourth-order valence-corrected chi connectivity index (χ4v) is 2.73. The maximum atomic E-state index is 13.1. The Morgan fingerprint density at radius 3 is 2.39 bits per heavy atom. The van der Waals surface area contributed by atoms with E-state index in [2.05, 4.69) is 4.98 Å². The quantitative estimate of drug-likeness (QED) is 0.689. The highest BCUT2D eigenvalue weighted by Crippen LogP contribution is 2.33. The van der Waals surface area contributed by atoms with Gasteiger partial charge in [0.2, 0.25) is 0 Å². The van der Waals surface area contributed by atoms with Crippen LogP contribution in [0.5, 0.6) is 5.75 Å². The van der Waals surface area contributed by atoms with E-state index in [4.69, 9.17) is 4.74 Å². The third-order valence-corrected chi connectivity index (χ3v) is 4.06. The number of fused-ring (bicyclic) bond motifs is 1. The van der Waals surface area contributed by atoms with E-state index in [1.807, 2.05) is 0 Å². The van der Waals surface area contributed by atoms with E-state index >= 15 is 0 Å². The molecule has 0 aliphatic heterocycles. The summed E-state index contributed by atoms with van der Waals surface area (Å²) in [6.45, 7) is 3.27. The zero-order valence-corrected chi connectivity index (χ0v) is 14.9. The van der Waals surface area contributed by atoms with Crippen molar-refractivity contribution >= 4 is 17.0 Å². The third kappa shape index (κ3) is 3.30. The molecule has 0 amide bonds. The molecule has 1 aromatic carbocycles. The molecule has 28 heavy (non-hydrogen) atoms. The number of alkyl halides is 3. The monoisotopic (exact) mass is 392 g/mol. The van der Waals surface area contributed by atoms with Crippen LogP contribution < -0.4 is 5.56 Å². The summed E-state index contributed by atoms with van der Waals surface area (Å²) in [6, 6.07) is 7.94. The molecular weight excluding hydrogens is 377 g/mol. The summed E-state index contributed by atoms with van der Waals surface area (Å²) < 4.78 is 45.0. The fraction of sp³-hybridized carbons (Fsp3) is 0.211. The lowest BCUT2D eigenvalue weighted by atomic mass is 10.1. The molecule has 0 aliphatic carbocycles. The summed E-state index contributed by atoms with van der Waals surface area (Å²) in [4.78, 5) is 28.7. The van der Waals surface area contributed by atoms with Gasteiger partial charge in [-0.3, -0.25) is 9.36 Å². The van der Waals surface area contributed by atoms with Crippen molar-refractivity contribution in [2.75, 3.05) is 6.61 Å². The number of pyridine rings is 2. The molecule has 0 spiro atoms. The second kappa shape index (κ2) is 6.99. The van der Waals surface area contributed by atoms with Crippen molar-refractivity contribution in [3.63, 3.8) is 0 Å². The predicted octanol–water partition coefficient (Wildman–Crippen LogP) is 3.60. The predicted molar refractivity (Wildman–Crippen MR) is 94.7 cm³/mol. The molecule has 0 radical (unpaired) electrons. The van der Waals surface area contributed by atoms with E-state index < -0.39 is 40.4 Å². The number of hydrogen-bond donors (Lipinski definition) is 1. The molecule has 3 aromatic rings. The second-order valence-corrected chi connectivity index (χ2v) is 5.99. The number of aromatic hydroxyl groups is 1. The number of esters is 1. The minimum absolute atomic E-state index is 0.0501. The molecule has 0 atom stereocenters. The van der Waals surface area contributed by atoms with Gasteiger partial charge in [-0.2, -0.15) is 13.2 Å². The summed E-state index contributed by atoms with van der Waals surface area (Å²) in [6.07, 6.45) is -4.75. The Balaban J connectivity index is 2.46. The normalized spacial score (nSPS) is 11.6. The van der Waals surface area contributed by atoms with Gasteiger partial charge in [-0.25, -0.2) is 9.78 Å². The number of benzene rings is 1. The van der Waals surface area contributed by atoms with Crippen LogP contribution in [0.2, 0.25) is 0 Å². The standard InChI is InChI=1S/C19H15F3N2O4/c1-3-28-18(27)14-15(25)12-8-9-13(19(20,21)22)23-16(12)24(17(14)26)11-6-4-10(2)5-7-11/h4-9,25H,3H2,1-2H3. The zero-order chi connectivity index (χ0) is 20.6. The Morgan fingerprint density at radius 2 is 1.82 bits per heavy atom. The Bertz CT molecular complexity index is 1120. The lowest BCUT2D eigenvalue weighted by molar-refractivity contribution is -0.141. The summed E-state index contributed by atoms with van der Waals surface area (Å²) in [5.74, 6) is -1.85. The topological polar surface area (TPSA) is 81.4 Å². The number of ether oxygens (including phenoxy) is 1. The fourth-order valence-electron chi connectivity index (χ4n) is 2.73. The first kappa shape index (κ1) is 19.4. The molecule has 0 saturated carbocycles. The second-order valence-electron chi connectivity index (χ2n) is 5.99. The number of carbonyl (C=O) groups excluding carboxylic acids is 1. The van der Waals surface area contributed by atoms with Crippen LogP contribution in [0, 0.1) is 6.92 Å². The van der Waals surface area contributed by atoms with E-state index in [9.17, 15) is 27.9 Å². The first-order valence-electron chi connectivity index (χ1n) is 8.25. The van der Waals surface area contributed by atoms with Crippen LogP contribution in [0.25, 0.3) is 16.7 Å². The average molecular weight is 392 g/mol. The van der Waals surface area contributed by atoms with Gasteiger partial charge in [-0.05, 0) is 38.1 Å². The molecule has 1 N–H and O–H groups in total. The van der Waals surface area contributed by atoms with Crippen LogP contribution >= 0.6 is 0 Å². The largest absolute Gasteiger partial charge is 0.506 e. The lowest BCUT2D eigenvalue weighted by Crippen LogP contribution is -2.28. The van der Waals surface area contributed by atoms with Gasteiger partial charge in [0, 0.05) is 0 Å². The highest BCUT2D eigenvalue weighted by Gasteiger charge is 2.34. The molecule has 146 valence electrons. The maximum absolute atomic E-state index is 13.1. The van der Waals surface area contributed by atoms with Gasteiger partial charge in [0.1, 0.15) is 11.4 Å². The minimum atomic E-state index is -4.75. The van der Waals surface area contributed by atoms with Crippen molar-refractivity contribution in [3.8, 4) is 11.4 Å². The molecule has 0 bridgehead atoms. The number of halogens is 3. The summed E-state index contributed by atoms with van der Waals surface area (Å²) in [7, 11) is 0. The molecule has 9 heteroatoms. The molecule has 6 nitrogen and oxygen atoms in total. The van der Waals surface area contributed by atoms with Crippen LogP contribution in [-0.4, -0.2) is 27.2 Å². The van der Waals surface area contributed by atoms with E-state index in [0.29, 0.717) is 6.07 Å². The SMILES string of the molecule is CCOC(=O)c1c(O)c2ccc(C(F)(F)F)nc2n(-c2ccc(C)cc2)c1=O. The maximum Gasteiger partial charge on any atom is 0.433 e. The Hall–Kier alpha value is -3.36. The van der Waals surface area contributed by atoms with Gasteiger partial charge in [-0.1, -0.05) is 17.7 Å². The van der Waals surface area contributed by atoms with E-state index in [1.54, 1.807) is 19.1 Å². The van der Waals surface area contributed by atoms with Crippen LogP contribution in [-0.2, 0) is 10.9 Å².